The van der Waals surface area contributed by atoms with E-state index in [4.69, 9.17) is 0 Å². The molecule has 2 rings (SSSR count). The number of aromatic amines is 1. The second-order valence-electron chi connectivity index (χ2n) is 4.21. The Hall–Kier alpha value is -1.39. The third kappa shape index (κ3) is 3.28. The third-order valence-electron chi connectivity index (χ3n) is 2.70. The first-order valence-electron chi connectivity index (χ1n) is 5.58. The standard InChI is InChI=1S/C13H16N2OS/c1-9-3-4-11(10(2)5-9)6-14-7-12-8-17-13(16)15-12/h3-5,8,14H,6-7H2,1-2H3,(H,15,16). The van der Waals surface area contributed by atoms with Gasteiger partial charge in [-0.3, -0.25) is 4.79 Å². The zero-order chi connectivity index (χ0) is 12.3. The summed E-state index contributed by atoms with van der Waals surface area (Å²) in [7, 11) is 0. The van der Waals surface area contributed by atoms with Crippen molar-refractivity contribution in [3.8, 4) is 0 Å². The van der Waals surface area contributed by atoms with Crippen molar-refractivity contribution in [3.63, 3.8) is 0 Å². The minimum absolute atomic E-state index is 0.00770. The van der Waals surface area contributed by atoms with Crippen molar-refractivity contribution in [1.29, 1.82) is 0 Å². The van der Waals surface area contributed by atoms with Crippen LogP contribution in [0.4, 0.5) is 0 Å². The SMILES string of the molecule is Cc1ccc(CNCc2csc(=O)[nH]2)c(C)c1. The van der Waals surface area contributed by atoms with Crippen molar-refractivity contribution < 1.29 is 0 Å². The molecule has 0 atom stereocenters. The maximum atomic E-state index is 11.0. The summed E-state index contributed by atoms with van der Waals surface area (Å²) in [6.07, 6.45) is 0. The van der Waals surface area contributed by atoms with Gasteiger partial charge in [0.05, 0.1) is 0 Å². The quantitative estimate of drug-likeness (QED) is 0.872. The monoisotopic (exact) mass is 248 g/mol. The van der Waals surface area contributed by atoms with Crippen LogP contribution in [0.3, 0.4) is 0 Å². The van der Waals surface area contributed by atoms with Crippen LogP contribution >= 0.6 is 11.3 Å². The molecule has 0 spiro atoms. The van der Waals surface area contributed by atoms with Gasteiger partial charge in [-0.25, -0.2) is 0 Å². The van der Waals surface area contributed by atoms with Gasteiger partial charge in [-0.1, -0.05) is 35.1 Å². The predicted octanol–water partition coefficient (Wildman–Crippen LogP) is 2.34. The third-order valence-corrected chi connectivity index (χ3v) is 3.42. The van der Waals surface area contributed by atoms with Crippen molar-refractivity contribution >= 4 is 11.3 Å². The topological polar surface area (TPSA) is 44.9 Å². The molecule has 0 aliphatic heterocycles. The lowest BCUT2D eigenvalue weighted by Crippen LogP contribution is -2.14. The molecule has 3 nitrogen and oxygen atoms in total. The van der Waals surface area contributed by atoms with Gasteiger partial charge in [0.25, 0.3) is 0 Å². The average Bonchev–Trinajstić information content (AvgIpc) is 2.68. The number of nitrogens with one attached hydrogen (secondary N) is 2. The Bertz CT molecular complexity index is 557. The summed E-state index contributed by atoms with van der Waals surface area (Å²) in [4.78, 5) is 13.7. The van der Waals surface area contributed by atoms with E-state index in [1.165, 1.54) is 28.0 Å². The molecule has 4 heteroatoms. The van der Waals surface area contributed by atoms with Gasteiger partial charge in [0.2, 0.25) is 0 Å². The first kappa shape index (κ1) is 12.1. The fourth-order valence-corrected chi connectivity index (χ4v) is 2.36. The van der Waals surface area contributed by atoms with E-state index in [1.54, 1.807) is 0 Å². The van der Waals surface area contributed by atoms with Crippen LogP contribution in [0.25, 0.3) is 0 Å². The molecule has 0 amide bonds. The number of rotatable bonds is 4. The van der Waals surface area contributed by atoms with Crippen LogP contribution in [0.1, 0.15) is 22.4 Å². The largest absolute Gasteiger partial charge is 0.315 e. The van der Waals surface area contributed by atoms with Gasteiger partial charge in [0, 0.05) is 24.2 Å². The summed E-state index contributed by atoms with van der Waals surface area (Å²) < 4.78 is 0. The number of benzene rings is 1. The van der Waals surface area contributed by atoms with Crippen LogP contribution in [0, 0.1) is 13.8 Å². The maximum absolute atomic E-state index is 11.0. The van der Waals surface area contributed by atoms with E-state index in [0.29, 0.717) is 6.54 Å². The molecule has 1 heterocycles. The molecule has 0 aliphatic carbocycles. The number of aryl methyl sites for hydroxylation is 2. The first-order valence-corrected chi connectivity index (χ1v) is 6.46. The molecular weight excluding hydrogens is 232 g/mol. The Morgan fingerprint density at radius 2 is 2.12 bits per heavy atom. The lowest BCUT2D eigenvalue weighted by atomic mass is 10.1. The van der Waals surface area contributed by atoms with Crippen LogP contribution in [0.15, 0.2) is 28.4 Å². The lowest BCUT2D eigenvalue weighted by Gasteiger charge is -2.07. The van der Waals surface area contributed by atoms with Crippen molar-refractivity contribution in [3.05, 3.63) is 55.6 Å². The smallest absolute Gasteiger partial charge is 0.304 e. The molecular formula is C13H16N2OS. The zero-order valence-electron chi connectivity index (χ0n) is 10.0. The molecule has 90 valence electrons. The van der Waals surface area contributed by atoms with E-state index in [9.17, 15) is 4.79 Å². The van der Waals surface area contributed by atoms with Crippen LogP contribution in [0.5, 0.6) is 0 Å². The Labute approximate surface area is 105 Å². The number of thiazole rings is 1. The van der Waals surface area contributed by atoms with E-state index in [1.807, 2.05) is 5.38 Å². The van der Waals surface area contributed by atoms with Crippen molar-refractivity contribution in [1.82, 2.24) is 10.3 Å². The summed E-state index contributed by atoms with van der Waals surface area (Å²) in [5.41, 5.74) is 4.84. The van der Waals surface area contributed by atoms with Crippen LogP contribution in [-0.2, 0) is 13.1 Å². The molecule has 0 bridgehead atoms. The van der Waals surface area contributed by atoms with E-state index in [-0.39, 0.29) is 4.87 Å². The summed E-state index contributed by atoms with van der Waals surface area (Å²) in [5.74, 6) is 0. The molecule has 17 heavy (non-hydrogen) atoms. The predicted molar refractivity (Wildman–Crippen MR) is 71.4 cm³/mol. The van der Waals surface area contributed by atoms with Crippen LogP contribution in [0.2, 0.25) is 0 Å². The highest BCUT2D eigenvalue weighted by molar-refractivity contribution is 7.07. The van der Waals surface area contributed by atoms with E-state index in [2.05, 4.69) is 42.3 Å². The average molecular weight is 248 g/mol. The van der Waals surface area contributed by atoms with Crippen molar-refractivity contribution in [2.45, 2.75) is 26.9 Å². The number of hydrogen-bond donors (Lipinski definition) is 2. The van der Waals surface area contributed by atoms with Crippen LogP contribution < -0.4 is 10.2 Å². The lowest BCUT2D eigenvalue weighted by molar-refractivity contribution is 0.679. The first-order chi connectivity index (χ1) is 8.15. The normalized spacial score (nSPS) is 10.7. The number of H-pyrrole nitrogens is 1. The zero-order valence-corrected chi connectivity index (χ0v) is 10.9. The Morgan fingerprint density at radius 3 is 2.76 bits per heavy atom. The molecule has 1 aromatic carbocycles. The molecule has 0 saturated heterocycles. The summed E-state index contributed by atoms with van der Waals surface area (Å²) in [6.45, 7) is 5.74. The highest BCUT2D eigenvalue weighted by Crippen LogP contribution is 2.10. The number of aromatic nitrogens is 1. The van der Waals surface area contributed by atoms with Gasteiger partial charge in [0.1, 0.15) is 0 Å². The second kappa shape index (κ2) is 5.29. The van der Waals surface area contributed by atoms with E-state index < -0.39 is 0 Å². The second-order valence-corrected chi connectivity index (χ2v) is 5.05. The van der Waals surface area contributed by atoms with Gasteiger partial charge >= 0.3 is 4.87 Å². The van der Waals surface area contributed by atoms with Crippen LogP contribution in [-0.4, -0.2) is 4.98 Å². The molecule has 1 aromatic heterocycles. The molecule has 0 fully saturated rings. The Morgan fingerprint density at radius 1 is 1.29 bits per heavy atom. The molecule has 0 aliphatic rings. The summed E-state index contributed by atoms with van der Waals surface area (Å²) in [6, 6.07) is 6.45. The molecule has 2 aromatic rings. The molecule has 0 saturated carbocycles. The Kier molecular flexibility index (Phi) is 3.76. The number of hydrogen-bond acceptors (Lipinski definition) is 3. The Balaban J connectivity index is 1.92. The van der Waals surface area contributed by atoms with E-state index in [0.717, 1.165) is 12.2 Å². The highest BCUT2D eigenvalue weighted by atomic mass is 32.1. The minimum atomic E-state index is 0.00770. The van der Waals surface area contributed by atoms with Gasteiger partial charge in [0.15, 0.2) is 0 Å². The van der Waals surface area contributed by atoms with Gasteiger partial charge in [-0.05, 0) is 25.0 Å². The van der Waals surface area contributed by atoms with Crippen molar-refractivity contribution in [2.24, 2.45) is 0 Å². The minimum Gasteiger partial charge on any atom is -0.315 e. The fourth-order valence-electron chi connectivity index (χ4n) is 1.78. The van der Waals surface area contributed by atoms with E-state index >= 15 is 0 Å². The summed E-state index contributed by atoms with van der Waals surface area (Å²) in [5, 5.41) is 5.19. The van der Waals surface area contributed by atoms with Crippen molar-refractivity contribution in [2.75, 3.05) is 0 Å². The van der Waals surface area contributed by atoms with Gasteiger partial charge in [-0.2, -0.15) is 0 Å². The summed E-state index contributed by atoms with van der Waals surface area (Å²) >= 11 is 1.20. The fraction of sp³-hybridized carbons (Fsp3) is 0.308. The van der Waals surface area contributed by atoms with Gasteiger partial charge in [-0.15, -0.1) is 0 Å². The highest BCUT2D eigenvalue weighted by Gasteiger charge is 1.99. The maximum Gasteiger partial charge on any atom is 0.304 e. The molecule has 2 N–H and O–H groups in total. The molecule has 0 unspecified atom stereocenters. The molecule has 0 radical (unpaired) electrons. The van der Waals surface area contributed by atoms with Gasteiger partial charge < -0.3 is 10.3 Å².